The second kappa shape index (κ2) is 12.4. The Bertz CT molecular complexity index is 1100. The average molecular weight is 499 g/mol. The summed E-state index contributed by atoms with van der Waals surface area (Å²) in [5.74, 6) is -5.95. The summed E-state index contributed by atoms with van der Waals surface area (Å²) in [6.07, 6.45) is -7.54. The van der Waals surface area contributed by atoms with Gasteiger partial charge in [0.05, 0.1) is 18.3 Å². The number of benzene rings is 3. The van der Waals surface area contributed by atoms with Crippen LogP contribution < -0.4 is 0 Å². The van der Waals surface area contributed by atoms with Gasteiger partial charge in [-0.3, -0.25) is 9.59 Å². The van der Waals surface area contributed by atoms with Crippen molar-refractivity contribution < 1.29 is 32.2 Å². The van der Waals surface area contributed by atoms with Gasteiger partial charge in [0.2, 0.25) is 0 Å². The van der Waals surface area contributed by atoms with Gasteiger partial charge in [0.1, 0.15) is 12.2 Å². The van der Waals surface area contributed by atoms with E-state index in [1.54, 1.807) is 105 Å². The highest BCUT2D eigenvalue weighted by molar-refractivity contribution is 5.76. The Balaban J connectivity index is 1.83. The van der Waals surface area contributed by atoms with Gasteiger partial charge in [-0.05, 0) is 37.0 Å². The SMILES string of the molecule is C[C@H](OC(=O)C[C@@H]([C@H](Cc1ccccc1)C(=O)O[C@@H](C)c1ccccc1)C(F)(F)F)c1ccccc1. The molecule has 0 amide bonds. The number of hydrogen-bond donors (Lipinski definition) is 0. The van der Waals surface area contributed by atoms with E-state index in [1.807, 2.05) is 0 Å². The molecule has 0 N–H and O–H groups in total. The maximum absolute atomic E-state index is 14.3. The highest BCUT2D eigenvalue weighted by Crippen LogP contribution is 2.38. The van der Waals surface area contributed by atoms with Crippen LogP contribution in [-0.2, 0) is 25.5 Å². The summed E-state index contributed by atoms with van der Waals surface area (Å²) in [6.45, 7) is 3.19. The molecular weight excluding hydrogens is 469 g/mol. The summed E-state index contributed by atoms with van der Waals surface area (Å²) in [4.78, 5) is 25.8. The van der Waals surface area contributed by atoms with Crippen molar-refractivity contribution in [3.8, 4) is 0 Å². The van der Waals surface area contributed by atoms with Crippen LogP contribution in [0.1, 0.15) is 49.2 Å². The Labute approximate surface area is 209 Å². The number of halogens is 3. The lowest BCUT2D eigenvalue weighted by atomic mass is 9.84. The summed E-state index contributed by atoms with van der Waals surface area (Å²) < 4.78 is 53.7. The van der Waals surface area contributed by atoms with E-state index in [9.17, 15) is 22.8 Å². The molecule has 0 aromatic heterocycles. The number of hydrogen-bond acceptors (Lipinski definition) is 4. The Morgan fingerprint density at radius 1 is 0.722 bits per heavy atom. The first-order valence-electron chi connectivity index (χ1n) is 11.8. The molecule has 0 unspecified atom stereocenters. The highest BCUT2D eigenvalue weighted by atomic mass is 19.4. The minimum atomic E-state index is -4.83. The third-order valence-corrected chi connectivity index (χ3v) is 6.03. The first kappa shape index (κ1) is 27.0. The molecule has 0 radical (unpaired) electrons. The van der Waals surface area contributed by atoms with Crippen LogP contribution in [0, 0.1) is 11.8 Å². The zero-order valence-corrected chi connectivity index (χ0v) is 20.2. The van der Waals surface area contributed by atoms with Gasteiger partial charge in [0.25, 0.3) is 0 Å². The second-order valence-corrected chi connectivity index (χ2v) is 8.68. The zero-order valence-electron chi connectivity index (χ0n) is 20.2. The van der Waals surface area contributed by atoms with Crippen LogP contribution in [0.3, 0.4) is 0 Å². The molecule has 36 heavy (non-hydrogen) atoms. The lowest BCUT2D eigenvalue weighted by molar-refractivity contribution is -0.206. The Hall–Kier alpha value is -3.61. The number of rotatable bonds is 10. The maximum Gasteiger partial charge on any atom is 0.393 e. The smallest absolute Gasteiger partial charge is 0.393 e. The predicted octanol–water partition coefficient (Wildman–Crippen LogP) is 7.02. The van der Waals surface area contributed by atoms with E-state index < -0.39 is 48.6 Å². The molecule has 4 atom stereocenters. The van der Waals surface area contributed by atoms with Crippen molar-refractivity contribution >= 4 is 11.9 Å². The fraction of sp³-hybridized carbons (Fsp3) is 0.310. The lowest BCUT2D eigenvalue weighted by Gasteiger charge is -2.29. The molecule has 0 heterocycles. The maximum atomic E-state index is 14.3. The van der Waals surface area contributed by atoms with Gasteiger partial charge in [-0.1, -0.05) is 91.0 Å². The first-order chi connectivity index (χ1) is 17.1. The fourth-order valence-corrected chi connectivity index (χ4v) is 4.01. The summed E-state index contributed by atoms with van der Waals surface area (Å²) >= 11 is 0. The van der Waals surface area contributed by atoms with Crippen molar-refractivity contribution in [2.75, 3.05) is 0 Å². The number of ether oxygens (including phenoxy) is 2. The number of carbonyl (C=O) groups excluding carboxylic acids is 2. The first-order valence-corrected chi connectivity index (χ1v) is 11.8. The average Bonchev–Trinajstić information content (AvgIpc) is 2.87. The summed E-state index contributed by atoms with van der Waals surface area (Å²) in [6, 6.07) is 25.9. The molecular formula is C29H29F3O4. The lowest BCUT2D eigenvalue weighted by Crippen LogP contribution is -2.39. The van der Waals surface area contributed by atoms with Crippen LogP contribution in [0.25, 0.3) is 0 Å². The van der Waals surface area contributed by atoms with E-state index in [4.69, 9.17) is 9.47 Å². The molecule has 0 fully saturated rings. The highest BCUT2D eigenvalue weighted by Gasteiger charge is 2.49. The van der Waals surface area contributed by atoms with E-state index in [1.165, 1.54) is 0 Å². The third-order valence-electron chi connectivity index (χ3n) is 6.03. The Morgan fingerprint density at radius 3 is 1.64 bits per heavy atom. The van der Waals surface area contributed by atoms with Gasteiger partial charge < -0.3 is 9.47 Å². The van der Waals surface area contributed by atoms with E-state index >= 15 is 0 Å². The normalized spacial score (nSPS) is 14.8. The molecule has 0 saturated carbocycles. The van der Waals surface area contributed by atoms with Crippen LogP contribution in [0.4, 0.5) is 13.2 Å². The van der Waals surface area contributed by atoms with Crippen molar-refractivity contribution in [3.63, 3.8) is 0 Å². The van der Waals surface area contributed by atoms with E-state index in [2.05, 4.69) is 0 Å². The van der Waals surface area contributed by atoms with Gasteiger partial charge in [-0.25, -0.2) is 0 Å². The number of carbonyl (C=O) groups is 2. The van der Waals surface area contributed by atoms with Crippen molar-refractivity contribution in [2.24, 2.45) is 11.8 Å². The third kappa shape index (κ3) is 7.70. The molecule has 3 rings (SSSR count). The predicted molar refractivity (Wildman–Crippen MR) is 130 cm³/mol. The van der Waals surface area contributed by atoms with E-state index in [0.717, 1.165) is 0 Å². The van der Waals surface area contributed by atoms with Gasteiger partial charge in [0, 0.05) is 0 Å². The molecule has 0 saturated heterocycles. The summed E-state index contributed by atoms with van der Waals surface area (Å²) in [5.41, 5.74) is 1.85. The van der Waals surface area contributed by atoms with Crippen LogP contribution in [0.15, 0.2) is 91.0 Å². The summed E-state index contributed by atoms with van der Waals surface area (Å²) in [5, 5.41) is 0. The van der Waals surface area contributed by atoms with Crippen LogP contribution >= 0.6 is 0 Å². The van der Waals surface area contributed by atoms with Gasteiger partial charge in [-0.15, -0.1) is 0 Å². The van der Waals surface area contributed by atoms with Crippen molar-refractivity contribution in [3.05, 3.63) is 108 Å². The molecule has 4 nitrogen and oxygen atoms in total. The van der Waals surface area contributed by atoms with Crippen molar-refractivity contribution in [1.82, 2.24) is 0 Å². The molecule has 0 aliphatic carbocycles. The largest absolute Gasteiger partial charge is 0.458 e. The second-order valence-electron chi connectivity index (χ2n) is 8.68. The molecule has 3 aromatic carbocycles. The Kier molecular flexibility index (Phi) is 9.28. The minimum absolute atomic E-state index is 0.229. The molecule has 190 valence electrons. The van der Waals surface area contributed by atoms with Crippen molar-refractivity contribution in [1.29, 1.82) is 0 Å². The molecule has 0 bridgehead atoms. The topological polar surface area (TPSA) is 52.6 Å². The van der Waals surface area contributed by atoms with Crippen LogP contribution in [-0.4, -0.2) is 18.1 Å². The monoisotopic (exact) mass is 498 g/mol. The molecule has 3 aromatic rings. The Morgan fingerprint density at radius 2 is 1.17 bits per heavy atom. The number of alkyl halides is 3. The number of esters is 2. The van der Waals surface area contributed by atoms with E-state index in [0.29, 0.717) is 16.7 Å². The fourth-order valence-electron chi connectivity index (χ4n) is 4.01. The quantitative estimate of drug-likeness (QED) is 0.282. The van der Waals surface area contributed by atoms with Crippen molar-refractivity contribution in [2.45, 2.75) is 45.1 Å². The molecule has 0 aliphatic rings. The summed E-state index contributed by atoms with van der Waals surface area (Å²) in [7, 11) is 0. The van der Waals surface area contributed by atoms with E-state index in [-0.39, 0.29) is 6.42 Å². The molecule has 7 heteroatoms. The van der Waals surface area contributed by atoms with Crippen LogP contribution in [0.5, 0.6) is 0 Å². The minimum Gasteiger partial charge on any atom is -0.458 e. The van der Waals surface area contributed by atoms with Gasteiger partial charge in [-0.2, -0.15) is 13.2 Å². The molecule has 0 aliphatic heterocycles. The molecule has 0 spiro atoms. The van der Waals surface area contributed by atoms with Gasteiger partial charge >= 0.3 is 18.1 Å². The van der Waals surface area contributed by atoms with Gasteiger partial charge in [0.15, 0.2) is 0 Å². The van der Waals surface area contributed by atoms with Crippen LogP contribution in [0.2, 0.25) is 0 Å². The zero-order chi connectivity index (χ0) is 26.1. The standard InChI is InChI=1S/C29H29F3O4/c1-20(23-14-8-4-9-15-23)35-27(33)19-26(29(30,31)32)25(18-22-12-6-3-7-13-22)28(34)36-21(2)24-16-10-5-11-17-24/h3-17,20-21,25-26H,18-19H2,1-2H3/t20-,21-,25-,26-/m0/s1.